The minimum Gasteiger partial charge on any atom is -0.368 e. The average molecular weight is 282 g/mol. The average Bonchev–Trinajstić information content (AvgIpc) is 3.05. The van der Waals surface area contributed by atoms with Crippen LogP contribution < -0.4 is 5.32 Å². The molecule has 4 nitrogen and oxygen atoms in total. The van der Waals surface area contributed by atoms with Crippen LogP contribution in [-0.2, 0) is 16.0 Å². The van der Waals surface area contributed by atoms with Crippen molar-refractivity contribution in [3.63, 3.8) is 0 Å². The van der Waals surface area contributed by atoms with Gasteiger partial charge in [0.25, 0.3) is 5.91 Å². The third-order valence-corrected chi connectivity index (χ3v) is 3.60. The van der Waals surface area contributed by atoms with E-state index in [4.69, 9.17) is 4.74 Å². The summed E-state index contributed by atoms with van der Waals surface area (Å²) in [6.45, 7) is 0.683. The van der Waals surface area contributed by atoms with Gasteiger partial charge in [-0.05, 0) is 54.7 Å². The van der Waals surface area contributed by atoms with Crippen LogP contribution in [0.3, 0.4) is 0 Å². The molecule has 0 spiro atoms. The van der Waals surface area contributed by atoms with Crippen LogP contribution >= 0.6 is 0 Å². The fourth-order valence-electron chi connectivity index (χ4n) is 2.45. The minimum atomic E-state index is -0.290. The highest BCUT2D eigenvalue weighted by atomic mass is 16.5. The first-order valence-electron chi connectivity index (χ1n) is 7.21. The van der Waals surface area contributed by atoms with Crippen molar-refractivity contribution in [1.82, 2.24) is 4.98 Å². The predicted octanol–water partition coefficient (Wildman–Crippen LogP) is 2.79. The van der Waals surface area contributed by atoms with Crippen LogP contribution in [-0.4, -0.2) is 23.6 Å². The van der Waals surface area contributed by atoms with E-state index in [1.165, 1.54) is 11.1 Å². The van der Waals surface area contributed by atoms with Crippen molar-refractivity contribution >= 4 is 11.6 Å². The summed E-state index contributed by atoms with van der Waals surface area (Å²) in [5.41, 5.74) is 3.24. The van der Waals surface area contributed by atoms with Gasteiger partial charge in [0.15, 0.2) is 0 Å². The Hall–Kier alpha value is -2.20. The number of rotatable bonds is 4. The maximum Gasteiger partial charge on any atom is 0.253 e. The van der Waals surface area contributed by atoms with Crippen LogP contribution in [0.15, 0.2) is 48.8 Å². The molecular weight excluding hydrogens is 264 g/mol. The minimum absolute atomic E-state index is 0.0469. The molecule has 2 aromatic rings. The van der Waals surface area contributed by atoms with E-state index in [0.29, 0.717) is 6.61 Å². The highest BCUT2D eigenvalue weighted by Gasteiger charge is 2.23. The summed E-state index contributed by atoms with van der Waals surface area (Å²) in [7, 11) is 0. The predicted molar refractivity (Wildman–Crippen MR) is 81.1 cm³/mol. The Morgan fingerprint density at radius 1 is 1.14 bits per heavy atom. The van der Waals surface area contributed by atoms with Crippen molar-refractivity contribution in [2.75, 3.05) is 11.9 Å². The lowest BCUT2D eigenvalue weighted by molar-refractivity contribution is -0.124. The molecule has 1 fully saturated rings. The molecule has 1 N–H and O–H groups in total. The Balaban J connectivity index is 1.60. The van der Waals surface area contributed by atoms with Crippen LogP contribution in [0.2, 0.25) is 0 Å². The number of anilines is 1. The number of aromatic nitrogens is 1. The number of carbonyl (C=O) groups excluding carboxylic acids is 1. The monoisotopic (exact) mass is 282 g/mol. The second-order valence-electron chi connectivity index (χ2n) is 5.22. The number of amides is 1. The number of ether oxygens (including phenoxy) is 1. The van der Waals surface area contributed by atoms with E-state index >= 15 is 0 Å². The number of carbonyl (C=O) groups is 1. The smallest absolute Gasteiger partial charge is 0.253 e. The van der Waals surface area contributed by atoms with Gasteiger partial charge in [-0.2, -0.15) is 0 Å². The van der Waals surface area contributed by atoms with Crippen LogP contribution in [0.25, 0.3) is 0 Å². The number of hydrogen-bond acceptors (Lipinski definition) is 3. The van der Waals surface area contributed by atoms with Gasteiger partial charge in [0.1, 0.15) is 6.10 Å². The van der Waals surface area contributed by atoms with Crippen LogP contribution in [0.1, 0.15) is 24.0 Å². The molecule has 4 heteroatoms. The Kier molecular flexibility index (Phi) is 4.26. The van der Waals surface area contributed by atoms with E-state index in [0.717, 1.165) is 24.9 Å². The molecule has 1 aromatic heterocycles. The van der Waals surface area contributed by atoms with Crippen molar-refractivity contribution < 1.29 is 9.53 Å². The maximum atomic E-state index is 11.9. The van der Waals surface area contributed by atoms with Gasteiger partial charge in [-0.3, -0.25) is 9.78 Å². The lowest BCUT2D eigenvalue weighted by Crippen LogP contribution is -2.26. The zero-order valence-corrected chi connectivity index (χ0v) is 11.8. The summed E-state index contributed by atoms with van der Waals surface area (Å²) >= 11 is 0. The summed E-state index contributed by atoms with van der Waals surface area (Å²) in [6, 6.07) is 11.9. The number of hydrogen-bond donors (Lipinski definition) is 1. The van der Waals surface area contributed by atoms with Gasteiger partial charge in [-0.25, -0.2) is 0 Å². The SMILES string of the molecule is O=C(Nc1ccc(Cc2ccncc2)cc1)[C@H]1CCCO1. The molecule has 1 aromatic carbocycles. The van der Waals surface area contributed by atoms with E-state index in [2.05, 4.69) is 10.3 Å². The van der Waals surface area contributed by atoms with Gasteiger partial charge >= 0.3 is 0 Å². The van der Waals surface area contributed by atoms with Crippen molar-refractivity contribution in [1.29, 1.82) is 0 Å². The van der Waals surface area contributed by atoms with Crippen LogP contribution in [0, 0.1) is 0 Å². The van der Waals surface area contributed by atoms with E-state index < -0.39 is 0 Å². The third-order valence-electron chi connectivity index (χ3n) is 3.60. The second kappa shape index (κ2) is 6.50. The molecule has 0 aliphatic carbocycles. The molecule has 1 saturated heterocycles. The maximum absolute atomic E-state index is 11.9. The highest BCUT2D eigenvalue weighted by Crippen LogP contribution is 2.17. The fraction of sp³-hybridized carbons (Fsp3) is 0.294. The summed E-state index contributed by atoms with van der Waals surface area (Å²) < 4.78 is 5.37. The first kappa shape index (κ1) is 13.8. The summed E-state index contributed by atoms with van der Waals surface area (Å²) in [4.78, 5) is 16.0. The zero-order chi connectivity index (χ0) is 14.5. The van der Waals surface area contributed by atoms with Gasteiger partial charge in [-0.1, -0.05) is 12.1 Å². The largest absolute Gasteiger partial charge is 0.368 e. The van der Waals surface area contributed by atoms with Gasteiger partial charge in [0.05, 0.1) is 0 Å². The molecule has 108 valence electrons. The molecule has 2 heterocycles. The fourth-order valence-corrected chi connectivity index (χ4v) is 2.45. The van der Waals surface area contributed by atoms with Gasteiger partial charge in [-0.15, -0.1) is 0 Å². The van der Waals surface area contributed by atoms with E-state index in [1.54, 1.807) is 12.4 Å². The zero-order valence-electron chi connectivity index (χ0n) is 11.8. The number of nitrogens with one attached hydrogen (secondary N) is 1. The standard InChI is InChI=1S/C17H18N2O2/c20-17(16-2-1-11-21-16)19-15-5-3-13(4-6-15)12-14-7-9-18-10-8-14/h3-10,16H,1-2,11-12H2,(H,19,20)/t16-/m1/s1. The normalized spacial score (nSPS) is 17.6. The van der Waals surface area contributed by atoms with Gasteiger partial charge < -0.3 is 10.1 Å². The van der Waals surface area contributed by atoms with E-state index in [1.807, 2.05) is 36.4 Å². The molecule has 0 radical (unpaired) electrons. The Morgan fingerprint density at radius 3 is 2.52 bits per heavy atom. The molecule has 1 amide bonds. The first-order valence-corrected chi connectivity index (χ1v) is 7.21. The molecule has 0 unspecified atom stereocenters. The Bertz CT molecular complexity index is 590. The molecular formula is C17H18N2O2. The number of pyridine rings is 1. The van der Waals surface area contributed by atoms with E-state index in [-0.39, 0.29) is 12.0 Å². The third kappa shape index (κ3) is 3.67. The van der Waals surface area contributed by atoms with Crippen molar-refractivity contribution in [2.45, 2.75) is 25.4 Å². The van der Waals surface area contributed by atoms with Crippen LogP contribution in [0.5, 0.6) is 0 Å². The molecule has 21 heavy (non-hydrogen) atoms. The number of benzene rings is 1. The van der Waals surface area contributed by atoms with Crippen molar-refractivity contribution in [2.24, 2.45) is 0 Å². The van der Waals surface area contributed by atoms with Crippen molar-refractivity contribution in [3.8, 4) is 0 Å². The molecule has 0 saturated carbocycles. The lowest BCUT2D eigenvalue weighted by atomic mass is 10.1. The quantitative estimate of drug-likeness (QED) is 0.938. The Morgan fingerprint density at radius 2 is 1.86 bits per heavy atom. The van der Waals surface area contributed by atoms with Crippen LogP contribution in [0.4, 0.5) is 5.69 Å². The molecule has 1 aliphatic heterocycles. The topological polar surface area (TPSA) is 51.2 Å². The molecule has 0 bridgehead atoms. The second-order valence-corrected chi connectivity index (χ2v) is 5.22. The van der Waals surface area contributed by atoms with Crippen molar-refractivity contribution in [3.05, 3.63) is 59.9 Å². The first-order chi connectivity index (χ1) is 10.3. The summed E-state index contributed by atoms with van der Waals surface area (Å²) in [5.74, 6) is -0.0469. The number of nitrogens with zero attached hydrogens (tertiary/aromatic N) is 1. The highest BCUT2D eigenvalue weighted by molar-refractivity contribution is 5.94. The molecule has 3 rings (SSSR count). The molecule has 1 atom stereocenters. The lowest BCUT2D eigenvalue weighted by Gasteiger charge is -2.11. The summed E-state index contributed by atoms with van der Waals surface area (Å²) in [5, 5.41) is 2.90. The van der Waals surface area contributed by atoms with Gasteiger partial charge in [0.2, 0.25) is 0 Å². The summed E-state index contributed by atoms with van der Waals surface area (Å²) in [6.07, 6.45) is 5.94. The van der Waals surface area contributed by atoms with Gasteiger partial charge in [0, 0.05) is 24.7 Å². The Labute approximate surface area is 124 Å². The molecule has 1 aliphatic rings. The van der Waals surface area contributed by atoms with E-state index in [9.17, 15) is 4.79 Å².